The third-order valence-corrected chi connectivity index (χ3v) is 0.959. The second-order valence-corrected chi connectivity index (χ2v) is 1.80. The minimum absolute atomic E-state index is 0.216. The van der Waals surface area contributed by atoms with Crippen molar-refractivity contribution in [1.82, 2.24) is 0 Å². The van der Waals surface area contributed by atoms with E-state index in [2.05, 4.69) is 15.7 Å². The molecule has 6 nitrogen and oxygen atoms in total. The van der Waals surface area contributed by atoms with Gasteiger partial charge in [-0.1, -0.05) is 0 Å². The maximum atomic E-state index is 10.0. The van der Waals surface area contributed by atoms with Crippen LogP contribution in [-0.4, -0.2) is 31.8 Å². The molecule has 0 saturated carbocycles. The number of amides is 1. The van der Waals surface area contributed by atoms with Crippen molar-refractivity contribution in [2.45, 2.75) is 0 Å². The Morgan fingerprint density at radius 1 is 1.64 bits per heavy atom. The zero-order valence-corrected chi connectivity index (χ0v) is 5.78. The Bertz CT molecular complexity index is 171. The van der Waals surface area contributed by atoms with Gasteiger partial charge in [0.1, 0.15) is 13.2 Å². The van der Waals surface area contributed by atoms with Gasteiger partial charge in [0.25, 0.3) is 5.90 Å². The molecular weight excluding hydrogens is 152 g/mol. The summed E-state index contributed by atoms with van der Waals surface area (Å²) in [5, 5.41) is 3.28. The number of carbonyl (C=O) groups is 1. The average molecular weight is 160 g/mol. The van der Waals surface area contributed by atoms with Crippen LogP contribution in [0.5, 0.6) is 0 Å². The summed E-state index contributed by atoms with van der Waals surface area (Å²) in [4.78, 5) is 14.1. The molecule has 0 aromatic carbocycles. The lowest BCUT2D eigenvalue weighted by atomic mass is 10.6. The summed E-state index contributed by atoms with van der Waals surface area (Å²) >= 11 is 0. The number of nitrogens with zero attached hydrogens (tertiary/aromatic N) is 1. The van der Waals surface area contributed by atoms with Gasteiger partial charge in [0.2, 0.25) is 0 Å². The molecule has 0 atom stereocenters. The fourth-order valence-corrected chi connectivity index (χ4v) is 0.568. The van der Waals surface area contributed by atoms with Crippen LogP contribution in [0.3, 0.4) is 0 Å². The SMILES string of the molecule is NC(=O)ON=C1COCCO1. The van der Waals surface area contributed by atoms with Crippen LogP contribution in [0.1, 0.15) is 0 Å². The maximum absolute atomic E-state index is 10.0. The van der Waals surface area contributed by atoms with E-state index in [1.807, 2.05) is 0 Å². The van der Waals surface area contributed by atoms with E-state index in [1.54, 1.807) is 0 Å². The summed E-state index contributed by atoms with van der Waals surface area (Å²) in [6.07, 6.45) is -0.966. The highest BCUT2D eigenvalue weighted by Crippen LogP contribution is 1.93. The normalized spacial score (nSPS) is 20.9. The molecule has 1 rings (SSSR count). The first kappa shape index (κ1) is 7.80. The Morgan fingerprint density at radius 2 is 2.45 bits per heavy atom. The zero-order chi connectivity index (χ0) is 8.10. The smallest absolute Gasteiger partial charge is 0.430 e. The molecule has 1 fully saturated rings. The first-order valence-corrected chi connectivity index (χ1v) is 3.03. The van der Waals surface area contributed by atoms with Crippen LogP contribution >= 0.6 is 0 Å². The Balaban J connectivity index is 2.32. The standard InChI is InChI=1S/C5H8N2O4/c6-5(8)11-7-4-3-9-1-2-10-4/h1-3H2,(H2,6,8). The van der Waals surface area contributed by atoms with Gasteiger partial charge in [-0.3, -0.25) is 4.84 Å². The molecule has 6 heteroatoms. The Kier molecular flexibility index (Phi) is 2.67. The Labute approximate surface area is 62.9 Å². The van der Waals surface area contributed by atoms with E-state index in [1.165, 1.54) is 0 Å². The highest BCUT2D eigenvalue weighted by atomic mass is 16.7. The van der Waals surface area contributed by atoms with Crippen molar-refractivity contribution in [2.24, 2.45) is 10.9 Å². The van der Waals surface area contributed by atoms with Crippen molar-refractivity contribution in [2.75, 3.05) is 19.8 Å². The van der Waals surface area contributed by atoms with E-state index < -0.39 is 6.09 Å². The molecule has 11 heavy (non-hydrogen) atoms. The fourth-order valence-electron chi connectivity index (χ4n) is 0.568. The lowest BCUT2D eigenvalue weighted by molar-refractivity contribution is 0.0627. The monoisotopic (exact) mass is 160 g/mol. The molecule has 0 aliphatic carbocycles. The van der Waals surface area contributed by atoms with Crippen LogP contribution in [0.15, 0.2) is 5.16 Å². The summed E-state index contributed by atoms with van der Waals surface area (Å²) < 4.78 is 9.85. The van der Waals surface area contributed by atoms with Crippen molar-refractivity contribution in [3.63, 3.8) is 0 Å². The van der Waals surface area contributed by atoms with E-state index in [0.29, 0.717) is 13.2 Å². The lowest BCUT2D eigenvalue weighted by Crippen LogP contribution is -2.24. The molecule has 0 bridgehead atoms. The molecule has 62 valence electrons. The highest BCUT2D eigenvalue weighted by Gasteiger charge is 2.08. The minimum Gasteiger partial charge on any atom is -0.475 e. The molecule has 1 aliphatic rings. The number of hydrogen-bond donors (Lipinski definition) is 1. The number of hydrogen-bond acceptors (Lipinski definition) is 5. The number of nitrogens with two attached hydrogens (primary N) is 1. The molecule has 1 saturated heterocycles. The van der Waals surface area contributed by atoms with Gasteiger partial charge in [0.15, 0.2) is 0 Å². The molecule has 2 N–H and O–H groups in total. The van der Waals surface area contributed by atoms with Gasteiger partial charge in [-0.15, -0.1) is 0 Å². The predicted octanol–water partition coefficient (Wildman–Crippen LogP) is -0.558. The number of carbonyl (C=O) groups excluding carboxylic acids is 1. The first-order chi connectivity index (χ1) is 5.29. The second kappa shape index (κ2) is 3.77. The predicted molar refractivity (Wildman–Crippen MR) is 34.9 cm³/mol. The quantitative estimate of drug-likeness (QED) is 0.411. The van der Waals surface area contributed by atoms with E-state index >= 15 is 0 Å². The summed E-state index contributed by atoms with van der Waals surface area (Å²) in [6.45, 7) is 1.16. The van der Waals surface area contributed by atoms with Crippen LogP contribution in [0.25, 0.3) is 0 Å². The van der Waals surface area contributed by atoms with Crippen molar-refractivity contribution in [1.29, 1.82) is 0 Å². The first-order valence-electron chi connectivity index (χ1n) is 3.03. The van der Waals surface area contributed by atoms with Crippen molar-refractivity contribution < 1.29 is 19.1 Å². The molecule has 1 aliphatic heterocycles. The Hall–Kier alpha value is -1.30. The number of oxime groups is 1. The van der Waals surface area contributed by atoms with E-state index in [4.69, 9.17) is 9.47 Å². The van der Waals surface area contributed by atoms with Crippen LogP contribution in [-0.2, 0) is 14.3 Å². The lowest BCUT2D eigenvalue weighted by Gasteiger charge is -2.13. The zero-order valence-electron chi connectivity index (χ0n) is 5.78. The third-order valence-electron chi connectivity index (χ3n) is 0.959. The number of rotatable bonds is 1. The molecular formula is C5H8N2O4. The van der Waals surface area contributed by atoms with Gasteiger partial charge < -0.3 is 15.2 Å². The van der Waals surface area contributed by atoms with Gasteiger partial charge in [-0.2, -0.15) is 0 Å². The summed E-state index contributed by atoms with van der Waals surface area (Å²) in [7, 11) is 0. The second-order valence-electron chi connectivity index (χ2n) is 1.80. The van der Waals surface area contributed by atoms with Gasteiger partial charge >= 0.3 is 6.09 Å². The van der Waals surface area contributed by atoms with Crippen LogP contribution in [0.2, 0.25) is 0 Å². The van der Waals surface area contributed by atoms with Crippen molar-refractivity contribution >= 4 is 12.0 Å². The molecule has 0 spiro atoms. The van der Waals surface area contributed by atoms with E-state index in [-0.39, 0.29) is 12.5 Å². The summed E-state index contributed by atoms with van der Waals surface area (Å²) in [6, 6.07) is 0. The summed E-state index contributed by atoms with van der Waals surface area (Å²) in [5.41, 5.74) is 4.65. The topological polar surface area (TPSA) is 83.1 Å². The Morgan fingerprint density at radius 3 is 3.00 bits per heavy atom. The molecule has 0 aromatic rings. The largest absolute Gasteiger partial charge is 0.475 e. The molecule has 0 aromatic heterocycles. The molecule has 0 unspecified atom stereocenters. The number of ether oxygens (including phenoxy) is 2. The maximum Gasteiger partial charge on any atom is 0.430 e. The highest BCUT2D eigenvalue weighted by molar-refractivity contribution is 5.78. The minimum atomic E-state index is -0.966. The van der Waals surface area contributed by atoms with Crippen LogP contribution < -0.4 is 5.73 Å². The van der Waals surface area contributed by atoms with E-state index in [0.717, 1.165) is 0 Å². The van der Waals surface area contributed by atoms with E-state index in [9.17, 15) is 4.79 Å². The fraction of sp³-hybridized carbons (Fsp3) is 0.600. The average Bonchev–Trinajstić information content (AvgIpc) is 2.03. The van der Waals surface area contributed by atoms with Gasteiger partial charge in [-0.25, -0.2) is 4.79 Å². The third kappa shape index (κ3) is 2.85. The number of primary amides is 1. The van der Waals surface area contributed by atoms with Gasteiger partial charge in [0, 0.05) is 0 Å². The molecule has 1 heterocycles. The van der Waals surface area contributed by atoms with Crippen molar-refractivity contribution in [3.05, 3.63) is 0 Å². The molecule has 1 amide bonds. The van der Waals surface area contributed by atoms with Crippen LogP contribution in [0, 0.1) is 0 Å². The summed E-state index contributed by atoms with van der Waals surface area (Å²) in [5.74, 6) is 0.232. The molecule has 0 radical (unpaired) electrons. The van der Waals surface area contributed by atoms with Gasteiger partial charge in [0.05, 0.1) is 6.61 Å². The van der Waals surface area contributed by atoms with Gasteiger partial charge in [-0.05, 0) is 5.16 Å². The van der Waals surface area contributed by atoms with Crippen molar-refractivity contribution in [3.8, 4) is 0 Å². The van der Waals surface area contributed by atoms with Crippen LogP contribution in [0.4, 0.5) is 4.79 Å².